The van der Waals surface area contributed by atoms with Crippen LogP contribution >= 0.6 is 0 Å². The molecule has 0 bridgehead atoms. The number of sulfonamides is 1. The molecule has 0 saturated heterocycles. The molecule has 0 unspecified atom stereocenters. The molecule has 7 heteroatoms. The molecule has 0 amide bonds. The van der Waals surface area contributed by atoms with E-state index >= 15 is 0 Å². The van der Waals surface area contributed by atoms with E-state index < -0.39 is 10.0 Å². The molecule has 0 aliphatic heterocycles. The van der Waals surface area contributed by atoms with Gasteiger partial charge in [0.2, 0.25) is 10.0 Å². The van der Waals surface area contributed by atoms with Gasteiger partial charge < -0.3 is 0 Å². The lowest BCUT2D eigenvalue weighted by molar-refractivity contribution is 0.597. The van der Waals surface area contributed by atoms with Crippen molar-refractivity contribution >= 4 is 15.8 Å². The molecule has 1 aliphatic carbocycles. The zero-order valence-electron chi connectivity index (χ0n) is 7.90. The number of nitriles is 1. The number of nitrogens with one attached hydrogen (secondary N) is 2. The standard InChI is InChI=1S/C8H10N4O2S/c9-3-7-4-10-11-8(7)12-15(13,14)5-6-1-2-6/h4,6H,1-2,5H2,(H2,10,11,12). The maximum absolute atomic E-state index is 11.5. The zero-order chi connectivity index (χ0) is 10.9. The molecule has 0 radical (unpaired) electrons. The molecule has 1 aromatic heterocycles. The molecule has 80 valence electrons. The lowest BCUT2D eigenvalue weighted by Gasteiger charge is -2.04. The second-order valence-electron chi connectivity index (χ2n) is 3.60. The second kappa shape index (κ2) is 3.55. The Balaban J connectivity index is 2.10. The van der Waals surface area contributed by atoms with Crippen LogP contribution in [0.25, 0.3) is 0 Å². The van der Waals surface area contributed by atoms with Gasteiger partial charge in [-0.05, 0) is 18.8 Å². The third kappa shape index (κ3) is 2.47. The number of anilines is 1. The van der Waals surface area contributed by atoms with Crippen LogP contribution in [0.15, 0.2) is 6.20 Å². The van der Waals surface area contributed by atoms with Gasteiger partial charge >= 0.3 is 0 Å². The van der Waals surface area contributed by atoms with Gasteiger partial charge in [0.25, 0.3) is 0 Å². The van der Waals surface area contributed by atoms with E-state index in [0.717, 1.165) is 12.8 Å². The fourth-order valence-corrected chi connectivity index (χ4v) is 2.74. The van der Waals surface area contributed by atoms with Gasteiger partial charge in [0.05, 0.1) is 11.9 Å². The van der Waals surface area contributed by atoms with Gasteiger partial charge in [-0.3, -0.25) is 9.82 Å². The number of aromatic nitrogens is 2. The molecule has 1 aliphatic rings. The van der Waals surface area contributed by atoms with Gasteiger partial charge in [-0.25, -0.2) is 8.42 Å². The molecule has 0 aromatic carbocycles. The lowest BCUT2D eigenvalue weighted by atomic mass is 10.4. The summed E-state index contributed by atoms with van der Waals surface area (Å²) in [6, 6.07) is 1.85. The van der Waals surface area contributed by atoms with Gasteiger partial charge in [0, 0.05) is 0 Å². The highest BCUT2D eigenvalue weighted by atomic mass is 32.2. The molecule has 1 aromatic rings. The Hall–Kier alpha value is -1.55. The largest absolute Gasteiger partial charge is 0.267 e. The smallest absolute Gasteiger partial charge is 0.234 e. The van der Waals surface area contributed by atoms with Crippen molar-refractivity contribution in [2.45, 2.75) is 12.8 Å². The third-order valence-electron chi connectivity index (χ3n) is 2.17. The zero-order valence-corrected chi connectivity index (χ0v) is 8.71. The molecule has 0 atom stereocenters. The first-order valence-corrected chi connectivity index (χ1v) is 6.20. The van der Waals surface area contributed by atoms with Crippen LogP contribution in [0.5, 0.6) is 0 Å². The highest BCUT2D eigenvalue weighted by Crippen LogP contribution is 2.30. The minimum Gasteiger partial charge on any atom is -0.267 e. The number of hydrogen-bond donors (Lipinski definition) is 2. The summed E-state index contributed by atoms with van der Waals surface area (Å²) < 4.78 is 25.4. The van der Waals surface area contributed by atoms with E-state index in [1.54, 1.807) is 0 Å². The molecule has 2 N–H and O–H groups in total. The van der Waals surface area contributed by atoms with Crippen LogP contribution in [0.2, 0.25) is 0 Å². The van der Waals surface area contributed by atoms with Crippen LogP contribution in [0.1, 0.15) is 18.4 Å². The minimum atomic E-state index is -3.35. The highest BCUT2D eigenvalue weighted by molar-refractivity contribution is 7.92. The van der Waals surface area contributed by atoms with E-state index in [1.807, 2.05) is 6.07 Å². The average molecular weight is 226 g/mol. The fraction of sp³-hybridized carbons (Fsp3) is 0.500. The van der Waals surface area contributed by atoms with E-state index in [2.05, 4.69) is 14.9 Å². The Morgan fingerprint density at radius 2 is 2.40 bits per heavy atom. The van der Waals surface area contributed by atoms with Crippen molar-refractivity contribution in [1.82, 2.24) is 10.2 Å². The summed E-state index contributed by atoms with van der Waals surface area (Å²) >= 11 is 0. The Labute approximate surface area is 87.4 Å². The lowest BCUT2D eigenvalue weighted by Crippen LogP contribution is -2.18. The molecule has 6 nitrogen and oxygen atoms in total. The first-order valence-electron chi connectivity index (χ1n) is 4.54. The van der Waals surface area contributed by atoms with Crippen LogP contribution in [0, 0.1) is 17.2 Å². The Morgan fingerprint density at radius 1 is 1.67 bits per heavy atom. The quantitative estimate of drug-likeness (QED) is 0.777. The fourth-order valence-electron chi connectivity index (χ4n) is 1.24. The summed E-state index contributed by atoms with van der Waals surface area (Å²) in [4.78, 5) is 0. The summed E-state index contributed by atoms with van der Waals surface area (Å²) in [5, 5.41) is 14.7. The predicted molar refractivity (Wildman–Crippen MR) is 53.4 cm³/mol. The van der Waals surface area contributed by atoms with Gasteiger partial charge in [0.15, 0.2) is 5.82 Å². The molecule has 1 heterocycles. The predicted octanol–water partition coefficient (Wildman–Crippen LogP) is 0.433. The van der Waals surface area contributed by atoms with Gasteiger partial charge in [-0.15, -0.1) is 0 Å². The number of hydrogen-bond acceptors (Lipinski definition) is 4. The van der Waals surface area contributed by atoms with E-state index in [4.69, 9.17) is 5.26 Å². The van der Waals surface area contributed by atoms with Crippen LogP contribution in [0.4, 0.5) is 5.82 Å². The maximum Gasteiger partial charge on any atom is 0.234 e. The highest BCUT2D eigenvalue weighted by Gasteiger charge is 2.28. The van der Waals surface area contributed by atoms with Crippen LogP contribution in [-0.4, -0.2) is 24.4 Å². The minimum absolute atomic E-state index is 0.122. The van der Waals surface area contributed by atoms with Gasteiger partial charge in [0.1, 0.15) is 11.6 Å². The molecule has 2 rings (SSSR count). The number of aromatic amines is 1. The molecule has 0 spiro atoms. The topological polar surface area (TPSA) is 98.6 Å². The molecule has 1 fully saturated rings. The summed E-state index contributed by atoms with van der Waals surface area (Å²) in [5.74, 6) is 0.547. The monoisotopic (exact) mass is 226 g/mol. The summed E-state index contributed by atoms with van der Waals surface area (Å²) in [5.41, 5.74) is 0.203. The van der Waals surface area contributed by atoms with Crippen LogP contribution in [-0.2, 0) is 10.0 Å². The summed E-state index contributed by atoms with van der Waals surface area (Å²) in [6.45, 7) is 0. The number of nitrogens with zero attached hydrogens (tertiary/aromatic N) is 2. The van der Waals surface area contributed by atoms with Crippen molar-refractivity contribution in [1.29, 1.82) is 5.26 Å². The Morgan fingerprint density at radius 3 is 3.00 bits per heavy atom. The van der Waals surface area contributed by atoms with Crippen LogP contribution < -0.4 is 4.72 Å². The van der Waals surface area contributed by atoms with Gasteiger partial charge in [-0.1, -0.05) is 0 Å². The van der Waals surface area contributed by atoms with Crippen LogP contribution in [0.3, 0.4) is 0 Å². The Bertz CT molecular complexity index is 495. The summed E-state index contributed by atoms with van der Waals surface area (Å²) in [6.07, 6.45) is 3.22. The number of rotatable bonds is 4. The molecular weight excluding hydrogens is 216 g/mol. The SMILES string of the molecule is N#Cc1cn[nH]c1NS(=O)(=O)CC1CC1. The average Bonchev–Trinajstić information content (AvgIpc) is 2.82. The van der Waals surface area contributed by atoms with Gasteiger partial charge in [-0.2, -0.15) is 10.4 Å². The van der Waals surface area contributed by atoms with Crippen molar-refractivity contribution in [3.63, 3.8) is 0 Å². The third-order valence-corrected chi connectivity index (χ3v) is 3.59. The van der Waals surface area contributed by atoms with Crippen molar-refractivity contribution in [3.05, 3.63) is 11.8 Å². The van der Waals surface area contributed by atoms with Crippen molar-refractivity contribution in [3.8, 4) is 6.07 Å². The first-order chi connectivity index (χ1) is 7.11. The van der Waals surface area contributed by atoms with Crippen molar-refractivity contribution < 1.29 is 8.42 Å². The number of H-pyrrole nitrogens is 1. The molecule has 15 heavy (non-hydrogen) atoms. The van der Waals surface area contributed by atoms with E-state index in [1.165, 1.54) is 6.20 Å². The van der Waals surface area contributed by atoms with E-state index in [-0.39, 0.29) is 23.1 Å². The maximum atomic E-state index is 11.5. The normalized spacial score (nSPS) is 15.9. The molecule has 1 saturated carbocycles. The van der Waals surface area contributed by atoms with Crippen molar-refractivity contribution in [2.75, 3.05) is 10.5 Å². The van der Waals surface area contributed by atoms with E-state index in [9.17, 15) is 8.42 Å². The van der Waals surface area contributed by atoms with E-state index in [0.29, 0.717) is 0 Å². The molecular formula is C8H10N4O2S. The first kappa shape index (κ1) is 9.98. The summed E-state index contributed by atoms with van der Waals surface area (Å²) in [7, 11) is -3.35. The second-order valence-corrected chi connectivity index (χ2v) is 5.36. The Kier molecular flexibility index (Phi) is 2.36. The van der Waals surface area contributed by atoms with Crippen molar-refractivity contribution in [2.24, 2.45) is 5.92 Å².